The molecule has 1 aromatic carbocycles. The van der Waals surface area contributed by atoms with Gasteiger partial charge in [-0.05, 0) is 31.5 Å². The molecule has 0 bridgehead atoms. The van der Waals surface area contributed by atoms with Gasteiger partial charge in [0.25, 0.3) is 0 Å². The van der Waals surface area contributed by atoms with E-state index in [2.05, 4.69) is 20.8 Å². The Bertz CT molecular complexity index is 433. The van der Waals surface area contributed by atoms with Crippen molar-refractivity contribution in [2.75, 3.05) is 24.6 Å². The second kappa shape index (κ2) is 5.19. The molecule has 1 aliphatic rings. The highest BCUT2D eigenvalue weighted by atomic mass is 79.9. The summed E-state index contributed by atoms with van der Waals surface area (Å²) in [5.41, 5.74) is 1.73. The average Bonchev–Trinajstić information content (AvgIpc) is 2.77. The van der Waals surface area contributed by atoms with E-state index in [-0.39, 0.29) is 12.4 Å². The molecular formula is C13H16BrNO2. The van der Waals surface area contributed by atoms with E-state index >= 15 is 0 Å². The van der Waals surface area contributed by atoms with Crippen molar-refractivity contribution in [1.82, 2.24) is 0 Å². The van der Waals surface area contributed by atoms with Crippen LogP contribution in [0.15, 0.2) is 22.7 Å². The van der Waals surface area contributed by atoms with E-state index in [0.29, 0.717) is 5.92 Å². The number of aliphatic hydroxyl groups is 1. The lowest BCUT2D eigenvalue weighted by molar-refractivity contribution is 0.101. The van der Waals surface area contributed by atoms with Crippen molar-refractivity contribution in [2.45, 2.75) is 13.3 Å². The molecule has 1 unspecified atom stereocenters. The number of nitrogens with zero attached hydrogens (tertiary/aromatic N) is 1. The first-order valence-electron chi connectivity index (χ1n) is 5.78. The van der Waals surface area contributed by atoms with Gasteiger partial charge >= 0.3 is 0 Å². The van der Waals surface area contributed by atoms with E-state index in [4.69, 9.17) is 5.11 Å². The van der Waals surface area contributed by atoms with Crippen LogP contribution in [-0.2, 0) is 0 Å². The predicted molar refractivity (Wildman–Crippen MR) is 71.6 cm³/mol. The quantitative estimate of drug-likeness (QED) is 0.872. The van der Waals surface area contributed by atoms with Crippen molar-refractivity contribution in [1.29, 1.82) is 0 Å². The maximum atomic E-state index is 11.6. The van der Waals surface area contributed by atoms with Gasteiger partial charge in [-0.1, -0.05) is 15.9 Å². The number of hydrogen-bond acceptors (Lipinski definition) is 3. The summed E-state index contributed by atoms with van der Waals surface area (Å²) in [7, 11) is 0. The standard InChI is InChI=1S/C13H16BrNO2/c1-9(17)12-6-11(14)2-3-13(12)15-5-4-10(7-15)8-16/h2-3,6,10,16H,4-5,7-8H2,1H3. The van der Waals surface area contributed by atoms with Gasteiger partial charge in [0.2, 0.25) is 0 Å². The number of carbonyl (C=O) groups excluding carboxylic acids is 1. The Morgan fingerprint density at radius 1 is 1.59 bits per heavy atom. The van der Waals surface area contributed by atoms with Crippen molar-refractivity contribution in [3.63, 3.8) is 0 Å². The number of rotatable bonds is 3. The van der Waals surface area contributed by atoms with Crippen LogP contribution >= 0.6 is 15.9 Å². The van der Waals surface area contributed by atoms with Crippen molar-refractivity contribution in [3.05, 3.63) is 28.2 Å². The van der Waals surface area contributed by atoms with E-state index < -0.39 is 0 Å². The Kier molecular flexibility index (Phi) is 3.84. The van der Waals surface area contributed by atoms with Crippen LogP contribution in [0.1, 0.15) is 23.7 Å². The van der Waals surface area contributed by atoms with E-state index in [1.54, 1.807) is 6.92 Å². The molecule has 1 fully saturated rings. The molecule has 92 valence electrons. The van der Waals surface area contributed by atoms with Crippen LogP contribution in [0.2, 0.25) is 0 Å². The molecule has 3 nitrogen and oxygen atoms in total. The lowest BCUT2D eigenvalue weighted by Gasteiger charge is -2.21. The Morgan fingerprint density at radius 3 is 2.94 bits per heavy atom. The number of Topliss-reactive ketones (excluding diaryl/α,β-unsaturated/α-hetero) is 1. The molecule has 17 heavy (non-hydrogen) atoms. The Morgan fingerprint density at radius 2 is 2.35 bits per heavy atom. The normalized spacial score (nSPS) is 19.7. The number of benzene rings is 1. The van der Waals surface area contributed by atoms with Crippen LogP contribution in [-0.4, -0.2) is 30.6 Å². The molecule has 1 N–H and O–H groups in total. The van der Waals surface area contributed by atoms with Gasteiger partial charge in [0, 0.05) is 41.3 Å². The minimum atomic E-state index is 0.0775. The van der Waals surface area contributed by atoms with E-state index in [0.717, 1.165) is 35.2 Å². The molecule has 1 atom stereocenters. The SMILES string of the molecule is CC(=O)c1cc(Br)ccc1N1CCC(CO)C1. The Hall–Kier alpha value is -0.870. The zero-order valence-electron chi connectivity index (χ0n) is 9.82. The summed E-state index contributed by atoms with van der Waals surface area (Å²) in [5.74, 6) is 0.409. The summed E-state index contributed by atoms with van der Waals surface area (Å²) in [6.07, 6.45) is 0.990. The molecule has 0 aliphatic carbocycles. The summed E-state index contributed by atoms with van der Waals surface area (Å²) in [5, 5.41) is 9.15. The molecule has 0 amide bonds. The molecule has 2 rings (SSSR count). The van der Waals surface area contributed by atoms with Crippen molar-refractivity contribution < 1.29 is 9.90 Å². The first kappa shape index (κ1) is 12.6. The maximum Gasteiger partial charge on any atom is 0.161 e. The second-order valence-electron chi connectivity index (χ2n) is 4.50. The Labute approximate surface area is 110 Å². The van der Waals surface area contributed by atoms with Crippen molar-refractivity contribution >= 4 is 27.4 Å². The largest absolute Gasteiger partial charge is 0.396 e. The van der Waals surface area contributed by atoms with Crippen LogP contribution in [0.5, 0.6) is 0 Å². The van der Waals surface area contributed by atoms with Gasteiger partial charge in [0.1, 0.15) is 0 Å². The summed E-state index contributed by atoms with van der Waals surface area (Å²) < 4.78 is 0.921. The molecule has 0 radical (unpaired) electrons. The van der Waals surface area contributed by atoms with Crippen LogP contribution in [0.3, 0.4) is 0 Å². The number of aliphatic hydroxyl groups excluding tert-OH is 1. The zero-order chi connectivity index (χ0) is 12.4. The smallest absolute Gasteiger partial charge is 0.161 e. The average molecular weight is 298 g/mol. The van der Waals surface area contributed by atoms with Crippen LogP contribution in [0.25, 0.3) is 0 Å². The van der Waals surface area contributed by atoms with Crippen LogP contribution < -0.4 is 4.90 Å². The monoisotopic (exact) mass is 297 g/mol. The van der Waals surface area contributed by atoms with Crippen LogP contribution in [0, 0.1) is 5.92 Å². The highest BCUT2D eigenvalue weighted by Crippen LogP contribution is 2.29. The highest BCUT2D eigenvalue weighted by molar-refractivity contribution is 9.10. The van der Waals surface area contributed by atoms with Crippen molar-refractivity contribution in [2.24, 2.45) is 5.92 Å². The van der Waals surface area contributed by atoms with Gasteiger partial charge in [-0.15, -0.1) is 0 Å². The van der Waals surface area contributed by atoms with Gasteiger partial charge in [0.15, 0.2) is 5.78 Å². The third-order valence-electron chi connectivity index (χ3n) is 3.22. The fourth-order valence-corrected chi connectivity index (χ4v) is 2.63. The Balaban J connectivity index is 2.29. The molecule has 1 aromatic rings. The minimum Gasteiger partial charge on any atom is -0.396 e. The van der Waals surface area contributed by atoms with Crippen molar-refractivity contribution in [3.8, 4) is 0 Å². The number of hydrogen-bond donors (Lipinski definition) is 1. The lowest BCUT2D eigenvalue weighted by atomic mass is 10.1. The maximum absolute atomic E-state index is 11.6. The number of halogens is 1. The van der Waals surface area contributed by atoms with Gasteiger partial charge in [-0.25, -0.2) is 0 Å². The molecule has 1 heterocycles. The predicted octanol–water partition coefficient (Wildman–Crippen LogP) is 2.47. The highest BCUT2D eigenvalue weighted by Gasteiger charge is 2.24. The van der Waals surface area contributed by atoms with Gasteiger partial charge in [0.05, 0.1) is 0 Å². The summed E-state index contributed by atoms with van der Waals surface area (Å²) in [6.45, 7) is 3.55. The number of anilines is 1. The third-order valence-corrected chi connectivity index (χ3v) is 3.72. The van der Waals surface area contributed by atoms with Gasteiger partial charge in [-0.3, -0.25) is 4.79 Å². The third kappa shape index (κ3) is 2.69. The first-order chi connectivity index (χ1) is 8.11. The van der Waals surface area contributed by atoms with Crippen LogP contribution in [0.4, 0.5) is 5.69 Å². The first-order valence-corrected chi connectivity index (χ1v) is 6.57. The summed E-state index contributed by atoms with van der Waals surface area (Å²) in [4.78, 5) is 13.8. The van der Waals surface area contributed by atoms with E-state index in [1.807, 2.05) is 18.2 Å². The summed E-state index contributed by atoms with van der Waals surface area (Å²) in [6, 6.07) is 5.79. The molecule has 4 heteroatoms. The molecule has 1 saturated heterocycles. The van der Waals surface area contributed by atoms with E-state index in [1.165, 1.54) is 0 Å². The fraction of sp³-hybridized carbons (Fsp3) is 0.462. The fourth-order valence-electron chi connectivity index (χ4n) is 2.27. The zero-order valence-corrected chi connectivity index (χ0v) is 11.4. The molecular weight excluding hydrogens is 282 g/mol. The summed E-state index contributed by atoms with van der Waals surface area (Å²) >= 11 is 3.39. The van der Waals surface area contributed by atoms with Gasteiger partial charge in [-0.2, -0.15) is 0 Å². The molecule has 0 aromatic heterocycles. The molecule has 0 spiro atoms. The number of carbonyl (C=O) groups is 1. The molecule has 0 saturated carbocycles. The van der Waals surface area contributed by atoms with E-state index in [9.17, 15) is 4.79 Å². The lowest BCUT2D eigenvalue weighted by Crippen LogP contribution is -2.22. The number of ketones is 1. The minimum absolute atomic E-state index is 0.0775. The topological polar surface area (TPSA) is 40.5 Å². The van der Waals surface area contributed by atoms with Gasteiger partial charge < -0.3 is 10.0 Å². The molecule has 1 aliphatic heterocycles. The second-order valence-corrected chi connectivity index (χ2v) is 5.42.